The molecule has 4 aromatic rings. The van der Waals surface area contributed by atoms with Crippen molar-refractivity contribution in [2.24, 2.45) is 0 Å². The Morgan fingerprint density at radius 2 is 0.700 bits per heavy atom. The average Bonchev–Trinajstić information content (AvgIpc) is 2.80. The molecule has 4 aromatic carbocycles. The normalized spacial score (nSPS) is 9.13. The van der Waals surface area contributed by atoms with E-state index in [9.17, 15) is 0 Å². The van der Waals surface area contributed by atoms with E-state index in [2.05, 4.69) is 55.5 Å². The van der Waals surface area contributed by atoms with Crippen molar-refractivity contribution in [1.82, 2.24) is 0 Å². The predicted octanol–water partition coefficient (Wildman–Crippen LogP) is 7.70. The summed E-state index contributed by atoms with van der Waals surface area (Å²) in [5.74, 6) is 12.5. The van der Waals surface area contributed by atoms with Crippen LogP contribution in [0.1, 0.15) is 22.3 Å². The smallest absolute Gasteiger partial charge is 0.0391 e. The number of halogens is 2. The van der Waals surface area contributed by atoms with Gasteiger partial charge < -0.3 is 0 Å². The van der Waals surface area contributed by atoms with Crippen LogP contribution in [0.25, 0.3) is 0 Å². The zero-order valence-corrected chi connectivity index (χ0v) is 19.3. The molecule has 2 heteroatoms. The first kappa shape index (κ1) is 21.7. The molecule has 0 aliphatic carbocycles. The molecule has 0 amide bonds. The molecule has 0 N–H and O–H groups in total. The van der Waals surface area contributed by atoms with Crippen molar-refractivity contribution in [2.75, 3.05) is 0 Å². The summed E-state index contributed by atoms with van der Waals surface area (Å²) in [4.78, 5) is 0. The Morgan fingerprint density at radius 1 is 0.367 bits per heavy atom. The van der Waals surface area contributed by atoms with Gasteiger partial charge in [-0.2, -0.15) is 0 Å². The number of hydrogen-bond acceptors (Lipinski definition) is 0. The monoisotopic (exact) mass is 512 g/mol. The second-order valence-corrected chi connectivity index (χ2v) is 7.90. The topological polar surface area (TPSA) is 0 Å². The van der Waals surface area contributed by atoms with Gasteiger partial charge in [0, 0.05) is 31.2 Å². The van der Waals surface area contributed by atoms with E-state index in [1.165, 1.54) is 0 Å². The van der Waals surface area contributed by atoms with Gasteiger partial charge in [0.25, 0.3) is 0 Å². The second kappa shape index (κ2) is 11.8. The highest BCUT2D eigenvalue weighted by Gasteiger charge is 1.93. The fourth-order valence-corrected chi connectivity index (χ4v) is 3.21. The third-order valence-electron chi connectivity index (χ3n) is 3.98. The summed E-state index contributed by atoms with van der Waals surface area (Å²) >= 11 is 6.93. The molecule has 0 saturated carbocycles. The molecule has 30 heavy (non-hydrogen) atoms. The summed E-state index contributed by atoms with van der Waals surface area (Å²) in [6.45, 7) is 0. The summed E-state index contributed by atoms with van der Waals surface area (Å²) in [6.07, 6.45) is 0. The van der Waals surface area contributed by atoms with Gasteiger partial charge in [-0.3, -0.25) is 0 Å². The molecule has 0 fully saturated rings. The summed E-state index contributed by atoms with van der Waals surface area (Å²) < 4.78 is 2.07. The molecule has 0 aliphatic heterocycles. The Balaban J connectivity index is 0.000000171. The lowest BCUT2D eigenvalue weighted by molar-refractivity contribution is 1.58. The molecule has 4 rings (SSSR count). The predicted molar refractivity (Wildman–Crippen MR) is 133 cm³/mol. The summed E-state index contributed by atoms with van der Waals surface area (Å²) in [6, 6.07) is 35.9. The zero-order chi connectivity index (χ0) is 21.0. The van der Waals surface area contributed by atoms with Gasteiger partial charge >= 0.3 is 0 Å². The molecule has 0 unspecified atom stereocenters. The van der Waals surface area contributed by atoms with Gasteiger partial charge in [-0.05, 0) is 80.4 Å². The second-order valence-electron chi connectivity index (χ2n) is 6.19. The summed E-state index contributed by atoms with van der Waals surface area (Å²) in [7, 11) is 0. The maximum absolute atomic E-state index is 3.47. The molecule has 144 valence electrons. The molecule has 0 spiro atoms. The van der Waals surface area contributed by atoms with Crippen molar-refractivity contribution < 1.29 is 0 Å². The summed E-state index contributed by atoms with van der Waals surface area (Å²) in [5.41, 5.74) is 4.10. The van der Waals surface area contributed by atoms with E-state index in [0.717, 1.165) is 31.2 Å². The van der Waals surface area contributed by atoms with Gasteiger partial charge in [-0.1, -0.05) is 84.3 Å². The van der Waals surface area contributed by atoms with Crippen molar-refractivity contribution in [1.29, 1.82) is 0 Å². The Hall–Kier alpha value is -3.04. The molecular weight excluding hydrogens is 496 g/mol. The van der Waals surface area contributed by atoms with Crippen LogP contribution in [-0.2, 0) is 0 Å². The lowest BCUT2D eigenvalue weighted by Crippen LogP contribution is -1.76. The Morgan fingerprint density at radius 3 is 1.07 bits per heavy atom. The highest BCUT2D eigenvalue weighted by molar-refractivity contribution is 9.10. The lowest BCUT2D eigenvalue weighted by Gasteiger charge is -1.93. The molecule has 0 nitrogen and oxygen atoms in total. The van der Waals surface area contributed by atoms with Gasteiger partial charge in [0.2, 0.25) is 0 Å². The van der Waals surface area contributed by atoms with Crippen molar-refractivity contribution in [3.05, 3.63) is 140 Å². The van der Waals surface area contributed by atoms with E-state index in [4.69, 9.17) is 0 Å². The van der Waals surface area contributed by atoms with Crippen molar-refractivity contribution in [2.45, 2.75) is 0 Å². The van der Waals surface area contributed by atoms with E-state index in [-0.39, 0.29) is 0 Å². The minimum absolute atomic E-state index is 1.02. The van der Waals surface area contributed by atoms with Crippen LogP contribution in [0.5, 0.6) is 0 Å². The van der Waals surface area contributed by atoms with Crippen LogP contribution in [0.15, 0.2) is 118 Å². The van der Waals surface area contributed by atoms with Crippen LogP contribution < -0.4 is 0 Å². The highest BCUT2D eigenvalue weighted by Crippen LogP contribution is 2.15. The molecule has 0 saturated heterocycles. The van der Waals surface area contributed by atoms with E-state index in [1.54, 1.807) is 0 Å². The third kappa shape index (κ3) is 7.09. The molecule has 0 heterocycles. The average molecular weight is 514 g/mol. The maximum atomic E-state index is 3.47. The fraction of sp³-hybridized carbons (Fsp3) is 0. The Bertz CT molecular complexity index is 1110. The molecule has 0 radical (unpaired) electrons. The van der Waals surface area contributed by atoms with Crippen LogP contribution in [-0.4, -0.2) is 0 Å². The fourth-order valence-electron chi connectivity index (χ4n) is 2.45. The van der Waals surface area contributed by atoms with Crippen molar-refractivity contribution >= 4 is 31.9 Å². The number of benzene rings is 4. The first-order chi connectivity index (χ1) is 14.7. The van der Waals surface area contributed by atoms with Crippen molar-refractivity contribution in [3.63, 3.8) is 0 Å². The van der Waals surface area contributed by atoms with Crippen LogP contribution in [0.3, 0.4) is 0 Å². The Labute approximate surface area is 195 Å². The van der Waals surface area contributed by atoms with Gasteiger partial charge in [-0.15, -0.1) is 0 Å². The van der Waals surface area contributed by atoms with Crippen LogP contribution in [0.4, 0.5) is 0 Å². The quantitative estimate of drug-likeness (QED) is 0.211. The zero-order valence-electron chi connectivity index (χ0n) is 16.1. The Kier molecular flexibility index (Phi) is 8.55. The first-order valence-electron chi connectivity index (χ1n) is 9.35. The minimum Gasteiger partial charge on any atom is -0.0622 e. The minimum atomic E-state index is 1.02. The molecule has 0 bridgehead atoms. The summed E-state index contributed by atoms with van der Waals surface area (Å²) in [5, 5.41) is 0. The van der Waals surface area contributed by atoms with Crippen LogP contribution in [0, 0.1) is 23.7 Å². The number of rotatable bonds is 0. The van der Waals surface area contributed by atoms with Crippen molar-refractivity contribution in [3.8, 4) is 23.7 Å². The molecule has 0 aliphatic rings. The third-order valence-corrected chi connectivity index (χ3v) is 5.36. The lowest BCUT2D eigenvalue weighted by atomic mass is 10.2. The SMILES string of the molecule is Brc1ccccc1C#Cc1ccccc1.Brc1ccccc1C#Cc1ccccc1. The molecule has 0 atom stereocenters. The molecular formula is C28H18Br2. The van der Waals surface area contributed by atoms with E-state index < -0.39 is 0 Å². The highest BCUT2D eigenvalue weighted by atomic mass is 79.9. The van der Waals surface area contributed by atoms with E-state index in [1.807, 2.05) is 109 Å². The van der Waals surface area contributed by atoms with Crippen LogP contribution >= 0.6 is 31.9 Å². The van der Waals surface area contributed by atoms with Gasteiger partial charge in [0.15, 0.2) is 0 Å². The van der Waals surface area contributed by atoms with Gasteiger partial charge in [0.05, 0.1) is 0 Å². The van der Waals surface area contributed by atoms with E-state index in [0.29, 0.717) is 0 Å². The molecule has 0 aromatic heterocycles. The van der Waals surface area contributed by atoms with Crippen LogP contribution in [0.2, 0.25) is 0 Å². The number of hydrogen-bond donors (Lipinski definition) is 0. The van der Waals surface area contributed by atoms with Gasteiger partial charge in [-0.25, -0.2) is 0 Å². The first-order valence-corrected chi connectivity index (χ1v) is 10.9. The van der Waals surface area contributed by atoms with Gasteiger partial charge in [0.1, 0.15) is 0 Å². The standard InChI is InChI=1S/2C14H9Br/c2*15-14-9-5-4-8-13(14)11-10-12-6-2-1-3-7-12/h2*1-9H. The largest absolute Gasteiger partial charge is 0.0622 e. The maximum Gasteiger partial charge on any atom is 0.0391 e. The van der Waals surface area contributed by atoms with E-state index >= 15 is 0 Å².